The first-order valence-electron chi connectivity index (χ1n) is 9.66. The van der Waals surface area contributed by atoms with Crippen LogP contribution in [0.4, 0.5) is 23.9 Å². The summed E-state index contributed by atoms with van der Waals surface area (Å²) < 4.78 is 39.6. The number of urea groups is 1. The molecule has 0 aliphatic heterocycles. The van der Waals surface area contributed by atoms with Crippen molar-refractivity contribution in [1.29, 1.82) is 0 Å². The number of aromatic amines is 1. The van der Waals surface area contributed by atoms with Crippen LogP contribution in [0.1, 0.15) is 30.0 Å². The Bertz CT molecular complexity index is 1070. The third-order valence-electron chi connectivity index (χ3n) is 5.10. The van der Waals surface area contributed by atoms with E-state index in [0.29, 0.717) is 22.5 Å². The number of aliphatic hydroxyl groups is 1. The lowest BCUT2D eigenvalue weighted by molar-refractivity contribution is -0.137. The molecule has 3 aromatic rings. The van der Waals surface area contributed by atoms with Gasteiger partial charge in [-0.05, 0) is 42.7 Å². The topological polar surface area (TPSA) is 102 Å². The summed E-state index contributed by atoms with van der Waals surface area (Å²) in [5, 5.41) is 17.9. The van der Waals surface area contributed by atoms with Gasteiger partial charge in [0.1, 0.15) is 0 Å². The predicted octanol–water partition coefficient (Wildman–Crippen LogP) is 3.72. The smallest absolute Gasteiger partial charge is 0.396 e. The zero-order valence-electron chi connectivity index (χ0n) is 17.1. The normalized spacial score (nSPS) is 13.6. The number of halogens is 3. The Labute approximate surface area is 177 Å². The van der Waals surface area contributed by atoms with Crippen LogP contribution in [-0.4, -0.2) is 34.8 Å². The van der Waals surface area contributed by atoms with Gasteiger partial charge in [-0.2, -0.15) is 13.2 Å². The Morgan fingerprint density at radius 3 is 2.55 bits per heavy atom. The van der Waals surface area contributed by atoms with Crippen LogP contribution in [-0.2, 0) is 18.3 Å². The average molecular weight is 435 g/mol. The van der Waals surface area contributed by atoms with Crippen molar-refractivity contribution < 1.29 is 23.1 Å². The maximum atomic E-state index is 13.2. The van der Waals surface area contributed by atoms with Crippen molar-refractivity contribution >= 4 is 23.0 Å². The van der Waals surface area contributed by atoms with E-state index in [1.165, 1.54) is 13.1 Å². The molecule has 2 amide bonds. The molecule has 0 aliphatic rings. The lowest BCUT2D eigenvalue weighted by Crippen LogP contribution is -2.34. The molecule has 7 nitrogen and oxygen atoms in total. The molecule has 3 rings (SSSR count). The van der Waals surface area contributed by atoms with Gasteiger partial charge >= 0.3 is 12.2 Å². The molecule has 0 fully saturated rings. The van der Waals surface area contributed by atoms with Gasteiger partial charge in [-0.25, -0.2) is 9.78 Å². The molecule has 10 heteroatoms. The van der Waals surface area contributed by atoms with Crippen molar-refractivity contribution in [3.63, 3.8) is 0 Å². The highest BCUT2D eigenvalue weighted by Crippen LogP contribution is 2.35. The van der Waals surface area contributed by atoms with Gasteiger partial charge in [0, 0.05) is 20.2 Å². The Hall–Kier alpha value is -3.27. The van der Waals surface area contributed by atoms with Crippen molar-refractivity contribution in [2.45, 2.75) is 31.6 Å². The fraction of sp³-hybridized carbons (Fsp3) is 0.333. The third kappa shape index (κ3) is 5.08. The molecular weight excluding hydrogens is 411 g/mol. The number of rotatable bonds is 7. The number of hydrogen-bond donors (Lipinski definition) is 5. The van der Waals surface area contributed by atoms with Gasteiger partial charge in [-0.3, -0.25) is 0 Å². The molecule has 0 bridgehead atoms. The quantitative estimate of drug-likeness (QED) is 0.390. The van der Waals surface area contributed by atoms with E-state index in [1.807, 2.05) is 18.2 Å². The number of carbonyl (C=O) groups excluding carboxylic acids is 1. The molecule has 0 radical (unpaired) electrons. The second-order valence-corrected chi connectivity index (χ2v) is 7.34. The van der Waals surface area contributed by atoms with Crippen LogP contribution >= 0.6 is 0 Å². The number of H-pyrrole nitrogens is 1. The number of nitrogens with zero attached hydrogens (tertiary/aromatic N) is 1. The van der Waals surface area contributed by atoms with Gasteiger partial charge in [-0.15, -0.1) is 0 Å². The summed E-state index contributed by atoms with van der Waals surface area (Å²) in [4.78, 5) is 19.1. The number of imidazole rings is 1. The standard InChI is InChI=1S/C21H24F3N5O2/c1-20(9-10-30,14-6-4-7-15(11-14)21(22,23)24)29-18-27-16-8-3-5-13(17(16)28-18)12-26-19(31)25-2/h3-8,11,30H,9-10,12H2,1-2H3,(H2,25,26,31)(H2,27,28,29). The van der Waals surface area contributed by atoms with Gasteiger partial charge in [0.05, 0.1) is 22.1 Å². The summed E-state index contributed by atoms with van der Waals surface area (Å²) in [6.45, 7) is 1.73. The average Bonchev–Trinajstić information content (AvgIpc) is 3.14. The molecule has 5 N–H and O–H groups in total. The minimum Gasteiger partial charge on any atom is -0.396 e. The molecule has 0 saturated carbocycles. The van der Waals surface area contributed by atoms with E-state index in [0.717, 1.165) is 17.7 Å². The molecule has 1 heterocycles. The van der Waals surface area contributed by atoms with Crippen molar-refractivity contribution in [3.8, 4) is 0 Å². The molecule has 0 aliphatic carbocycles. The summed E-state index contributed by atoms with van der Waals surface area (Å²) in [5.74, 6) is 0.343. The van der Waals surface area contributed by atoms with Crippen LogP contribution in [0.2, 0.25) is 0 Å². The van der Waals surface area contributed by atoms with Crippen molar-refractivity contribution in [2.24, 2.45) is 0 Å². The molecule has 0 spiro atoms. The van der Waals surface area contributed by atoms with Crippen LogP contribution in [0.3, 0.4) is 0 Å². The van der Waals surface area contributed by atoms with E-state index in [1.54, 1.807) is 13.0 Å². The Balaban J connectivity index is 1.93. The van der Waals surface area contributed by atoms with Gasteiger partial charge in [0.2, 0.25) is 5.95 Å². The highest BCUT2D eigenvalue weighted by atomic mass is 19.4. The number of carbonyl (C=O) groups is 1. The third-order valence-corrected chi connectivity index (χ3v) is 5.10. The maximum Gasteiger partial charge on any atom is 0.416 e. The minimum atomic E-state index is -4.47. The van der Waals surface area contributed by atoms with E-state index < -0.39 is 17.3 Å². The van der Waals surface area contributed by atoms with Crippen LogP contribution in [0.15, 0.2) is 42.5 Å². The summed E-state index contributed by atoms with van der Waals surface area (Å²) >= 11 is 0. The number of nitrogens with one attached hydrogen (secondary N) is 4. The van der Waals surface area contributed by atoms with Gasteiger partial charge < -0.3 is 26.0 Å². The Morgan fingerprint density at radius 2 is 1.87 bits per heavy atom. The van der Waals surface area contributed by atoms with E-state index in [-0.39, 0.29) is 25.6 Å². The molecule has 1 aromatic heterocycles. The largest absolute Gasteiger partial charge is 0.416 e. The number of anilines is 1. The Kier molecular flexibility index (Phi) is 6.40. The summed E-state index contributed by atoms with van der Waals surface area (Å²) in [6.07, 6.45) is -4.31. The zero-order valence-corrected chi connectivity index (χ0v) is 17.1. The Morgan fingerprint density at radius 1 is 1.16 bits per heavy atom. The summed E-state index contributed by atoms with van der Waals surface area (Å²) in [5.41, 5.74) is 0.699. The maximum absolute atomic E-state index is 13.2. The van der Waals surface area contributed by atoms with Crippen LogP contribution in [0, 0.1) is 0 Å². The first kappa shape index (κ1) is 22.4. The van der Waals surface area contributed by atoms with E-state index in [9.17, 15) is 23.1 Å². The molecule has 166 valence electrons. The molecule has 2 aromatic carbocycles. The highest BCUT2D eigenvalue weighted by molar-refractivity contribution is 5.82. The molecule has 1 atom stereocenters. The second kappa shape index (κ2) is 8.84. The van der Waals surface area contributed by atoms with Crippen molar-refractivity contribution in [1.82, 2.24) is 20.6 Å². The molecular formula is C21H24F3N5O2. The highest BCUT2D eigenvalue weighted by Gasteiger charge is 2.34. The van der Waals surface area contributed by atoms with Gasteiger partial charge in [-0.1, -0.05) is 24.3 Å². The number of hydrogen-bond acceptors (Lipinski definition) is 4. The number of benzene rings is 2. The number of alkyl halides is 3. The lowest BCUT2D eigenvalue weighted by atomic mass is 9.88. The first-order chi connectivity index (χ1) is 14.7. The second-order valence-electron chi connectivity index (χ2n) is 7.34. The van der Waals surface area contributed by atoms with Crippen molar-refractivity contribution in [3.05, 3.63) is 59.2 Å². The number of aromatic nitrogens is 2. The van der Waals surface area contributed by atoms with E-state index in [2.05, 4.69) is 25.9 Å². The van der Waals surface area contributed by atoms with Gasteiger partial charge in [0.25, 0.3) is 0 Å². The lowest BCUT2D eigenvalue weighted by Gasteiger charge is -2.31. The monoisotopic (exact) mass is 435 g/mol. The van der Waals surface area contributed by atoms with Crippen molar-refractivity contribution in [2.75, 3.05) is 19.0 Å². The van der Waals surface area contributed by atoms with Gasteiger partial charge in [0.15, 0.2) is 0 Å². The summed E-state index contributed by atoms with van der Waals surface area (Å²) in [7, 11) is 1.52. The molecule has 0 saturated heterocycles. The van der Waals surface area contributed by atoms with Crippen LogP contribution in [0.5, 0.6) is 0 Å². The van der Waals surface area contributed by atoms with Crippen LogP contribution in [0.25, 0.3) is 11.0 Å². The fourth-order valence-corrected chi connectivity index (χ4v) is 3.36. The number of fused-ring (bicyclic) bond motifs is 1. The zero-order chi connectivity index (χ0) is 22.6. The summed E-state index contributed by atoms with van der Waals surface area (Å²) in [6, 6.07) is 10.1. The van der Waals surface area contributed by atoms with E-state index >= 15 is 0 Å². The predicted molar refractivity (Wildman–Crippen MR) is 112 cm³/mol. The molecule has 1 unspecified atom stereocenters. The number of para-hydroxylation sites is 1. The molecule has 31 heavy (non-hydrogen) atoms. The van der Waals surface area contributed by atoms with E-state index in [4.69, 9.17) is 0 Å². The minimum absolute atomic E-state index is 0.163. The number of aliphatic hydroxyl groups excluding tert-OH is 1. The number of amides is 2. The fourth-order valence-electron chi connectivity index (χ4n) is 3.36. The first-order valence-corrected chi connectivity index (χ1v) is 9.66. The SMILES string of the molecule is CNC(=O)NCc1cccc2[nH]c(NC(C)(CCO)c3cccc(C(F)(F)F)c3)nc12. The van der Waals surface area contributed by atoms with Crippen LogP contribution < -0.4 is 16.0 Å².